The summed E-state index contributed by atoms with van der Waals surface area (Å²) < 4.78 is 0. The Labute approximate surface area is 179 Å². The maximum atomic E-state index is 13.5. The third-order valence-electron chi connectivity index (χ3n) is 6.55. The maximum Gasteiger partial charge on any atom is 0.182 e. The molecular formula is C25H43N3O. The molecule has 0 spiro atoms. The second-order valence-electron chi connectivity index (χ2n) is 9.17. The molecule has 4 heteroatoms. The molecule has 1 aromatic rings. The summed E-state index contributed by atoms with van der Waals surface area (Å²) in [5.41, 5.74) is 1.58. The second-order valence-corrected chi connectivity index (χ2v) is 9.17. The van der Waals surface area contributed by atoms with Crippen LogP contribution in [0.25, 0.3) is 0 Å². The molecule has 1 aromatic carbocycles. The minimum absolute atomic E-state index is 0.238. The zero-order valence-corrected chi connectivity index (χ0v) is 19.5. The standard InChI is InChI=1S/C25H43N3O/c1-6-8-18-28(19-14-21(3)7-2)25(4,5)24(29)22-10-12-23(13-11-22)27-17-9-15-26-16-20-27/h10-13,21,26H,6-9,14-20H2,1-5H3. The molecule has 1 aliphatic heterocycles. The van der Waals surface area contributed by atoms with E-state index in [9.17, 15) is 4.79 Å². The first-order valence-electron chi connectivity index (χ1n) is 11.8. The van der Waals surface area contributed by atoms with Gasteiger partial charge < -0.3 is 10.2 Å². The molecule has 0 aliphatic carbocycles. The van der Waals surface area contributed by atoms with Crippen molar-refractivity contribution in [1.29, 1.82) is 0 Å². The van der Waals surface area contributed by atoms with Crippen molar-refractivity contribution in [1.82, 2.24) is 10.2 Å². The SMILES string of the molecule is CCCCN(CCC(C)CC)C(C)(C)C(=O)c1ccc(N2CCCNCC2)cc1. The summed E-state index contributed by atoms with van der Waals surface area (Å²) in [6, 6.07) is 8.32. The van der Waals surface area contributed by atoms with Gasteiger partial charge in [-0.25, -0.2) is 0 Å². The maximum absolute atomic E-state index is 13.5. The molecule has 1 N–H and O–H groups in total. The molecule has 29 heavy (non-hydrogen) atoms. The number of anilines is 1. The molecular weight excluding hydrogens is 358 g/mol. The summed E-state index contributed by atoms with van der Waals surface area (Å²) in [6.07, 6.45) is 5.81. The molecule has 0 radical (unpaired) electrons. The Kier molecular flexibility index (Phi) is 9.64. The molecule has 1 saturated heterocycles. The molecule has 4 nitrogen and oxygen atoms in total. The van der Waals surface area contributed by atoms with Crippen LogP contribution >= 0.6 is 0 Å². The number of hydrogen-bond donors (Lipinski definition) is 1. The molecule has 1 unspecified atom stereocenters. The Morgan fingerprint density at radius 3 is 2.52 bits per heavy atom. The van der Waals surface area contributed by atoms with E-state index < -0.39 is 5.54 Å². The lowest BCUT2D eigenvalue weighted by Gasteiger charge is -2.38. The summed E-state index contributed by atoms with van der Waals surface area (Å²) >= 11 is 0. The van der Waals surface area contributed by atoms with E-state index in [1.54, 1.807) is 0 Å². The van der Waals surface area contributed by atoms with Crippen LogP contribution in [0.15, 0.2) is 24.3 Å². The van der Waals surface area contributed by atoms with Gasteiger partial charge in [0.05, 0.1) is 5.54 Å². The first kappa shape index (κ1) is 23.9. The van der Waals surface area contributed by atoms with Gasteiger partial charge in [-0.1, -0.05) is 33.6 Å². The van der Waals surface area contributed by atoms with Gasteiger partial charge in [-0.2, -0.15) is 0 Å². The van der Waals surface area contributed by atoms with Crippen LogP contribution < -0.4 is 10.2 Å². The fourth-order valence-corrected chi connectivity index (χ4v) is 4.02. The highest BCUT2D eigenvalue weighted by atomic mass is 16.1. The monoisotopic (exact) mass is 401 g/mol. The van der Waals surface area contributed by atoms with Gasteiger partial charge in [0.1, 0.15) is 0 Å². The van der Waals surface area contributed by atoms with E-state index in [-0.39, 0.29) is 5.78 Å². The lowest BCUT2D eigenvalue weighted by Crippen LogP contribution is -2.51. The number of benzene rings is 1. The van der Waals surface area contributed by atoms with Gasteiger partial charge in [0.15, 0.2) is 5.78 Å². The predicted molar refractivity (Wildman–Crippen MR) is 125 cm³/mol. The Hall–Kier alpha value is -1.39. The summed E-state index contributed by atoms with van der Waals surface area (Å²) in [6.45, 7) is 17.2. The molecule has 164 valence electrons. The number of Topliss-reactive ketones (excluding diaryl/α,β-unsaturated/α-hetero) is 1. The fraction of sp³-hybridized carbons (Fsp3) is 0.720. The molecule has 1 aliphatic rings. The highest BCUT2D eigenvalue weighted by molar-refractivity contribution is 6.02. The van der Waals surface area contributed by atoms with Gasteiger partial charge in [-0.15, -0.1) is 0 Å². The Morgan fingerprint density at radius 2 is 1.86 bits per heavy atom. The van der Waals surface area contributed by atoms with E-state index in [0.717, 1.165) is 70.5 Å². The molecule has 0 aromatic heterocycles. The van der Waals surface area contributed by atoms with E-state index in [4.69, 9.17) is 0 Å². The first-order chi connectivity index (χ1) is 13.9. The third-order valence-corrected chi connectivity index (χ3v) is 6.55. The average molecular weight is 402 g/mol. The van der Waals surface area contributed by atoms with Crippen LogP contribution in [0.4, 0.5) is 5.69 Å². The van der Waals surface area contributed by atoms with Crippen molar-refractivity contribution in [3.05, 3.63) is 29.8 Å². The normalized spacial score (nSPS) is 16.7. The molecule has 0 amide bonds. The topological polar surface area (TPSA) is 35.6 Å². The van der Waals surface area contributed by atoms with Crippen molar-refractivity contribution >= 4 is 11.5 Å². The van der Waals surface area contributed by atoms with E-state index in [1.807, 2.05) is 12.1 Å². The highest BCUT2D eigenvalue weighted by Gasteiger charge is 2.34. The summed E-state index contributed by atoms with van der Waals surface area (Å²) in [4.78, 5) is 18.3. The number of nitrogens with one attached hydrogen (secondary N) is 1. The van der Waals surface area contributed by atoms with Crippen molar-refractivity contribution in [3.63, 3.8) is 0 Å². The van der Waals surface area contributed by atoms with Crippen LogP contribution in [-0.4, -0.2) is 55.5 Å². The fourth-order valence-electron chi connectivity index (χ4n) is 4.02. The number of ketones is 1. The summed E-state index contributed by atoms with van der Waals surface area (Å²) in [7, 11) is 0. The minimum atomic E-state index is -0.476. The minimum Gasteiger partial charge on any atom is -0.370 e. The Bertz CT molecular complexity index is 603. The van der Waals surface area contributed by atoms with Gasteiger partial charge in [-0.05, 0) is 82.9 Å². The van der Waals surface area contributed by atoms with Crippen molar-refractivity contribution in [3.8, 4) is 0 Å². The first-order valence-corrected chi connectivity index (χ1v) is 11.8. The number of rotatable bonds is 11. The largest absolute Gasteiger partial charge is 0.370 e. The van der Waals surface area contributed by atoms with Gasteiger partial charge in [-0.3, -0.25) is 9.69 Å². The van der Waals surface area contributed by atoms with Gasteiger partial charge in [0, 0.05) is 30.9 Å². The summed E-state index contributed by atoms with van der Waals surface area (Å²) in [5, 5.41) is 3.45. The zero-order chi connectivity index (χ0) is 21.3. The summed E-state index contributed by atoms with van der Waals surface area (Å²) in [5.74, 6) is 0.939. The third kappa shape index (κ3) is 6.82. The lowest BCUT2D eigenvalue weighted by atomic mass is 9.90. The van der Waals surface area contributed by atoms with Crippen LogP contribution in [-0.2, 0) is 0 Å². The molecule has 1 atom stereocenters. The van der Waals surface area contributed by atoms with Crippen molar-refractivity contribution in [2.24, 2.45) is 5.92 Å². The number of unbranched alkanes of at least 4 members (excludes halogenated alkanes) is 1. The Balaban J connectivity index is 2.10. The van der Waals surface area contributed by atoms with E-state index in [0.29, 0.717) is 5.92 Å². The number of nitrogens with zero attached hydrogens (tertiary/aromatic N) is 2. The molecule has 1 heterocycles. The van der Waals surface area contributed by atoms with Crippen LogP contribution in [0.1, 0.15) is 77.1 Å². The van der Waals surface area contributed by atoms with Crippen molar-refractivity contribution < 1.29 is 4.79 Å². The lowest BCUT2D eigenvalue weighted by molar-refractivity contribution is 0.0618. The molecule has 2 rings (SSSR count). The number of carbonyl (C=O) groups excluding carboxylic acids is 1. The van der Waals surface area contributed by atoms with Crippen LogP contribution in [0.3, 0.4) is 0 Å². The van der Waals surface area contributed by atoms with Crippen molar-refractivity contribution in [2.75, 3.05) is 44.2 Å². The van der Waals surface area contributed by atoms with Crippen molar-refractivity contribution in [2.45, 2.75) is 72.3 Å². The van der Waals surface area contributed by atoms with Crippen LogP contribution in [0, 0.1) is 5.92 Å². The highest BCUT2D eigenvalue weighted by Crippen LogP contribution is 2.25. The quantitative estimate of drug-likeness (QED) is 0.530. The van der Waals surface area contributed by atoms with Crippen LogP contribution in [0.5, 0.6) is 0 Å². The smallest absolute Gasteiger partial charge is 0.182 e. The second kappa shape index (κ2) is 11.7. The van der Waals surface area contributed by atoms with E-state index >= 15 is 0 Å². The van der Waals surface area contributed by atoms with Gasteiger partial charge in [0.25, 0.3) is 0 Å². The number of hydrogen-bond acceptors (Lipinski definition) is 4. The van der Waals surface area contributed by atoms with Gasteiger partial charge >= 0.3 is 0 Å². The molecule has 0 bridgehead atoms. The molecule has 1 fully saturated rings. The molecule has 0 saturated carbocycles. The van der Waals surface area contributed by atoms with E-state index in [2.05, 4.69) is 61.9 Å². The van der Waals surface area contributed by atoms with Crippen LogP contribution in [0.2, 0.25) is 0 Å². The Morgan fingerprint density at radius 1 is 1.14 bits per heavy atom. The predicted octanol–water partition coefficient (Wildman–Crippen LogP) is 4.99. The van der Waals surface area contributed by atoms with Gasteiger partial charge in [0.2, 0.25) is 0 Å². The number of carbonyl (C=O) groups is 1. The zero-order valence-electron chi connectivity index (χ0n) is 19.5. The van der Waals surface area contributed by atoms with E-state index in [1.165, 1.54) is 12.1 Å². The average Bonchev–Trinajstić information content (AvgIpc) is 3.02.